The fourth-order valence-electron chi connectivity index (χ4n) is 5.19. The number of nitrogens with two attached hydrogens (primary N) is 1. The highest BCUT2D eigenvalue weighted by Crippen LogP contribution is 2.49. The Kier molecular flexibility index (Phi) is 6.61. The van der Waals surface area contributed by atoms with Gasteiger partial charge < -0.3 is 26.2 Å². The van der Waals surface area contributed by atoms with Gasteiger partial charge in [0.1, 0.15) is 0 Å². The predicted molar refractivity (Wildman–Crippen MR) is 134 cm³/mol. The second kappa shape index (κ2) is 9.51. The molecule has 1 atom stereocenters. The summed E-state index contributed by atoms with van der Waals surface area (Å²) in [4.78, 5) is 6.46. The molecule has 34 heavy (non-hydrogen) atoms. The molecule has 2 aromatic carbocycles. The average molecular weight is 492 g/mol. The van der Waals surface area contributed by atoms with Crippen molar-refractivity contribution in [3.8, 4) is 0 Å². The van der Waals surface area contributed by atoms with Crippen LogP contribution in [0.3, 0.4) is 0 Å². The van der Waals surface area contributed by atoms with Crippen LogP contribution in [0, 0.1) is 12.8 Å². The number of hydrogen-bond donors (Lipinski definition) is 3. The molecule has 5 nitrogen and oxygen atoms in total. The number of anilines is 4. The number of likely N-dealkylation sites (tertiary alicyclic amines) is 1. The van der Waals surface area contributed by atoms with Gasteiger partial charge in [-0.15, -0.1) is 0 Å². The Balaban J connectivity index is 1.31. The van der Waals surface area contributed by atoms with Crippen molar-refractivity contribution < 1.29 is 13.2 Å². The molecule has 2 fully saturated rings. The lowest BCUT2D eigenvalue weighted by atomic mass is 10.0. The van der Waals surface area contributed by atoms with Crippen LogP contribution in [0.2, 0.25) is 0 Å². The van der Waals surface area contributed by atoms with Crippen molar-refractivity contribution in [2.45, 2.75) is 48.2 Å². The third-order valence-electron chi connectivity index (χ3n) is 7.10. The van der Waals surface area contributed by atoms with Crippen LogP contribution >= 0.6 is 11.8 Å². The molecule has 1 unspecified atom stereocenters. The first-order valence-corrected chi connectivity index (χ1v) is 12.9. The van der Waals surface area contributed by atoms with Crippen LogP contribution in [0.1, 0.15) is 24.8 Å². The lowest BCUT2D eigenvalue weighted by Crippen LogP contribution is -2.41. The molecular weight excluding hydrogens is 459 g/mol. The van der Waals surface area contributed by atoms with Gasteiger partial charge in [0.05, 0.1) is 23.0 Å². The fraction of sp³-hybridized carbons (Fsp3) is 0.520. The number of nitrogens with one attached hydrogen (secondary N) is 2. The zero-order valence-electron chi connectivity index (χ0n) is 19.4. The first-order chi connectivity index (χ1) is 16.3. The number of alkyl halides is 3. The molecule has 0 amide bonds. The van der Waals surface area contributed by atoms with E-state index >= 15 is 0 Å². The smallest absolute Gasteiger partial charge is 0.380 e. The molecule has 0 aliphatic carbocycles. The molecule has 3 aliphatic heterocycles. The van der Waals surface area contributed by atoms with Crippen LogP contribution < -0.4 is 21.3 Å². The molecule has 0 radical (unpaired) electrons. The molecule has 2 saturated heterocycles. The van der Waals surface area contributed by atoms with Crippen LogP contribution in [0.5, 0.6) is 0 Å². The SMILES string of the molecule is Cc1cc(NC2CCN(CCN)CC2)c2c(c1)Sc1cc(N3CCC(C(F)(F)F)C3)ccc1N2. The largest absolute Gasteiger partial charge is 0.393 e. The Morgan fingerprint density at radius 2 is 1.88 bits per heavy atom. The topological polar surface area (TPSA) is 56.6 Å². The maximum absolute atomic E-state index is 13.1. The minimum absolute atomic E-state index is 0.0360. The summed E-state index contributed by atoms with van der Waals surface area (Å²) in [7, 11) is 0. The zero-order chi connectivity index (χ0) is 23.9. The molecule has 0 saturated carbocycles. The third kappa shape index (κ3) is 4.97. The number of piperidine rings is 1. The van der Waals surface area contributed by atoms with Gasteiger partial charge in [0, 0.05) is 60.8 Å². The van der Waals surface area contributed by atoms with E-state index in [-0.39, 0.29) is 13.0 Å². The van der Waals surface area contributed by atoms with Crippen LogP contribution in [-0.4, -0.2) is 56.4 Å². The Hall–Kier alpha value is -2.10. The molecule has 5 rings (SSSR count). The quantitative estimate of drug-likeness (QED) is 0.443. The van der Waals surface area contributed by atoms with Crippen molar-refractivity contribution in [1.29, 1.82) is 0 Å². The van der Waals surface area contributed by atoms with Crippen molar-refractivity contribution in [1.82, 2.24) is 4.90 Å². The molecule has 184 valence electrons. The highest BCUT2D eigenvalue weighted by molar-refractivity contribution is 7.99. The van der Waals surface area contributed by atoms with E-state index in [0.717, 1.165) is 65.0 Å². The number of fused-ring (bicyclic) bond motifs is 2. The standard InChI is InChI=1S/C25H32F3N5S/c1-16-12-21(30-18-5-8-32(9-6-18)11-7-29)24-23(13-16)34-22-14-19(2-3-20(22)31-24)33-10-4-17(15-33)25(26,27)28/h2-3,12-14,17-18,30-31H,4-11,15,29H2,1H3. The van der Waals surface area contributed by atoms with Gasteiger partial charge in [-0.25, -0.2) is 0 Å². The summed E-state index contributed by atoms with van der Waals surface area (Å²) >= 11 is 1.69. The number of aryl methyl sites for hydroxylation is 1. The van der Waals surface area contributed by atoms with E-state index in [2.05, 4.69) is 34.6 Å². The number of halogens is 3. The van der Waals surface area contributed by atoms with Gasteiger partial charge in [0.15, 0.2) is 0 Å². The van der Waals surface area contributed by atoms with Gasteiger partial charge in [-0.2, -0.15) is 13.2 Å². The maximum atomic E-state index is 13.1. The van der Waals surface area contributed by atoms with E-state index in [1.807, 2.05) is 23.1 Å². The molecular formula is C25H32F3N5S. The summed E-state index contributed by atoms with van der Waals surface area (Å²) in [6.07, 6.45) is -1.79. The van der Waals surface area contributed by atoms with E-state index in [9.17, 15) is 13.2 Å². The first kappa shape index (κ1) is 23.6. The Morgan fingerprint density at radius 3 is 2.59 bits per heavy atom. The second-order valence-electron chi connectivity index (χ2n) is 9.62. The van der Waals surface area contributed by atoms with Crippen molar-refractivity contribution in [2.24, 2.45) is 11.7 Å². The van der Waals surface area contributed by atoms with E-state index in [4.69, 9.17) is 5.73 Å². The number of hydrogen-bond acceptors (Lipinski definition) is 6. The van der Waals surface area contributed by atoms with Gasteiger partial charge >= 0.3 is 6.18 Å². The predicted octanol–water partition coefficient (Wildman–Crippen LogP) is 5.43. The molecule has 2 aromatic rings. The van der Waals surface area contributed by atoms with Crippen molar-refractivity contribution in [3.63, 3.8) is 0 Å². The van der Waals surface area contributed by atoms with Crippen LogP contribution in [-0.2, 0) is 0 Å². The monoisotopic (exact) mass is 491 g/mol. The second-order valence-corrected chi connectivity index (χ2v) is 10.7. The molecule has 3 aliphatic rings. The van der Waals surface area contributed by atoms with E-state index in [1.165, 1.54) is 5.56 Å². The summed E-state index contributed by atoms with van der Waals surface area (Å²) in [5.41, 5.74) is 10.9. The lowest BCUT2D eigenvalue weighted by Gasteiger charge is -2.34. The molecule has 0 aromatic heterocycles. The molecule has 4 N–H and O–H groups in total. The van der Waals surface area contributed by atoms with Crippen LogP contribution in [0.25, 0.3) is 0 Å². The summed E-state index contributed by atoms with van der Waals surface area (Å²) in [5.74, 6) is -1.24. The normalized spacial score (nSPS) is 21.2. The van der Waals surface area contributed by atoms with Crippen molar-refractivity contribution in [3.05, 3.63) is 35.9 Å². The van der Waals surface area contributed by atoms with E-state index in [0.29, 0.717) is 19.1 Å². The maximum Gasteiger partial charge on any atom is 0.393 e. The van der Waals surface area contributed by atoms with Gasteiger partial charge in [0.25, 0.3) is 0 Å². The van der Waals surface area contributed by atoms with E-state index < -0.39 is 12.1 Å². The Labute approximate surface area is 203 Å². The van der Waals surface area contributed by atoms with Crippen molar-refractivity contribution >= 4 is 34.5 Å². The number of nitrogens with zero attached hydrogens (tertiary/aromatic N) is 2. The number of benzene rings is 2. The van der Waals surface area contributed by atoms with Crippen molar-refractivity contribution in [2.75, 3.05) is 54.8 Å². The highest BCUT2D eigenvalue weighted by Gasteiger charge is 2.43. The zero-order valence-corrected chi connectivity index (χ0v) is 20.2. The number of rotatable bonds is 5. The molecule has 3 heterocycles. The third-order valence-corrected chi connectivity index (χ3v) is 8.20. The Morgan fingerprint density at radius 1 is 1.09 bits per heavy atom. The highest BCUT2D eigenvalue weighted by atomic mass is 32.2. The van der Waals surface area contributed by atoms with Gasteiger partial charge in [-0.3, -0.25) is 0 Å². The summed E-state index contributed by atoms with van der Waals surface area (Å²) < 4.78 is 39.4. The fourth-order valence-corrected chi connectivity index (χ4v) is 6.34. The lowest BCUT2D eigenvalue weighted by molar-refractivity contribution is -0.168. The van der Waals surface area contributed by atoms with E-state index in [1.54, 1.807) is 11.8 Å². The average Bonchev–Trinajstić information content (AvgIpc) is 3.30. The first-order valence-electron chi connectivity index (χ1n) is 12.0. The minimum atomic E-state index is -4.12. The van der Waals surface area contributed by atoms with Crippen LogP contribution in [0.4, 0.5) is 35.9 Å². The molecule has 0 spiro atoms. The summed E-state index contributed by atoms with van der Waals surface area (Å²) in [6, 6.07) is 10.7. The molecule has 9 heteroatoms. The Bertz CT molecular complexity index is 1040. The summed E-state index contributed by atoms with van der Waals surface area (Å²) in [6.45, 7) is 6.35. The van der Waals surface area contributed by atoms with Crippen LogP contribution in [0.15, 0.2) is 40.1 Å². The van der Waals surface area contributed by atoms with Gasteiger partial charge in [0.2, 0.25) is 0 Å². The minimum Gasteiger partial charge on any atom is -0.380 e. The molecule has 0 bridgehead atoms. The van der Waals surface area contributed by atoms with Gasteiger partial charge in [-0.1, -0.05) is 11.8 Å². The van der Waals surface area contributed by atoms with Gasteiger partial charge in [-0.05, 0) is 62.1 Å². The summed E-state index contributed by atoms with van der Waals surface area (Å²) in [5, 5.41) is 7.37.